The van der Waals surface area contributed by atoms with Gasteiger partial charge in [-0.15, -0.1) is 0 Å². The second-order valence-electron chi connectivity index (χ2n) is 5.35. The Kier molecular flexibility index (Phi) is 5.23. The van der Waals surface area contributed by atoms with Gasteiger partial charge in [0.15, 0.2) is 0 Å². The Labute approximate surface area is 129 Å². The van der Waals surface area contributed by atoms with Crippen LogP contribution < -0.4 is 10.0 Å². The highest BCUT2D eigenvalue weighted by molar-refractivity contribution is 9.10. The molecule has 2 rings (SSSR count). The summed E-state index contributed by atoms with van der Waals surface area (Å²) in [4.78, 5) is 0.313. The third-order valence-electron chi connectivity index (χ3n) is 3.43. The largest absolute Gasteiger partial charge is 0.310 e. The van der Waals surface area contributed by atoms with Gasteiger partial charge in [-0.05, 0) is 59.8 Å². The van der Waals surface area contributed by atoms with E-state index < -0.39 is 10.0 Å². The summed E-state index contributed by atoms with van der Waals surface area (Å²) in [5.74, 6) is 0. The third kappa shape index (κ3) is 4.28. The van der Waals surface area contributed by atoms with Crippen molar-refractivity contribution < 1.29 is 8.42 Å². The van der Waals surface area contributed by atoms with Crippen molar-refractivity contribution in [3.05, 3.63) is 28.2 Å². The van der Waals surface area contributed by atoms with Crippen LogP contribution in [0.2, 0.25) is 0 Å². The molecule has 20 heavy (non-hydrogen) atoms. The minimum Gasteiger partial charge on any atom is -0.310 e. The Morgan fingerprint density at radius 3 is 2.70 bits per heavy atom. The van der Waals surface area contributed by atoms with Crippen LogP contribution in [-0.2, 0) is 16.6 Å². The molecule has 6 heteroatoms. The van der Waals surface area contributed by atoms with Crippen LogP contribution in [0.4, 0.5) is 0 Å². The molecule has 0 heterocycles. The van der Waals surface area contributed by atoms with Crippen molar-refractivity contribution >= 4 is 26.0 Å². The number of benzene rings is 1. The first kappa shape index (κ1) is 15.9. The number of nitrogens with one attached hydrogen (secondary N) is 2. The molecule has 1 aliphatic carbocycles. The van der Waals surface area contributed by atoms with Gasteiger partial charge in [0.25, 0.3) is 0 Å². The second-order valence-corrected chi connectivity index (χ2v) is 7.89. The Hall–Kier alpha value is -0.430. The van der Waals surface area contributed by atoms with E-state index in [1.165, 1.54) is 12.8 Å². The molecule has 0 saturated heterocycles. The van der Waals surface area contributed by atoms with Crippen LogP contribution >= 0.6 is 15.9 Å². The van der Waals surface area contributed by atoms with Gasteiger partial charge in [0, 0.05) is 23.1 Å². The van der Waals surface area contributed by atoms with E-state index in [0.29, 0.717) is 22.0 Å². The molecule has 1 unspecified atom stereocenters. The smallest absolute Gasteiger partial charge is 0.241 e. The molecule has 0 spiro atoms. The topological polar surface area (TPSA) is 58.2 Å². The number of hydrogen-bond acceptors (Lipinski definition) is 3. The van der Waals surface area contributed by atoms with Gasteiger partial charge in [-0.2, -0.15) is 0 Å². The zero-order chi connectivity index (χ0) is 14.8. The summed E-state index contributed by atoms with van der Waals surface area (Å²) in [5.41, 5.74) is 0.990. The van der Waals surface area contributed by atoms with E-state index in [0.717, 1.165) is 12.0 Å². The molecule has 1 fully saturated rings. The van der Waals surface area contributed by atoms with Gasteiger partial charge in [-0.3, -0.25) is 0 Å². The van der Waals surface area contributed by atoms with Crippen LogP contribution in [0.25, 0.3) is 0 Å². The van der Waals surface area contributed by atoms with E-state index >= 15 is 0 Å². The van der Waals surface area contributed by atoms with Gasteiger partial charge in [0.1, 0.15) is 0 Å². The summed E-state index contributed by atoms with van der Waals surface area (Å²) in [7, 11) is -3.47. The van der Waals surface area contributed by atoms with E-state index in [1.54, 1.807) is 12.1 Å². The van der Waals surface area contributed by atoms with Gasteiger partial charge >= 0.3 is 0 Å². The number of rotatable bonds is 7. The van der Waals surface area contributed by atoms with Crippen molar-refractivity contribution in [2.24, 2.45) is 0 Å². The zero-order valence-electron chi connectivity index (χ0n) is 11.8. The fourth-order valence-corrected chi connectivity index (χ4v) is 4.17. The summed E-state index contributed by atoms with van der Waals surface area (Å²) < 4.78 is 28.0. The lowest BCUT2D eigenvalue weighted by Crippen LogP contribution is -2.32. The Morgan fingerprint density at radius 2 is 2.10 bits per heavy atom. The summed E-state index contributed by atoms with van der Waals surface area (Å²) in [6.07, 6.45) is 3.20. The van der Waals surface area contributed by atoms with E-state index in [9.17, 15) is 8.42 Å². The van der Waals surface area contributed by atoms with Crippen LogP contribution in [0.3, 0.4) is 0 Å². The SMILES string of the molecule is CCC(C)NS(=O)(=O)c1cc(CNC2CC2)ccc1Br. The molecular weight excluding hydrogens is 340 g/mol. The highest BCUT2D eigenvalue weighted by Gasteiger charge is 2.22. The Bertz CT molecular complexity index is 571. The maximum Gasteiger partial charge on any atom is 0.241 e. The quantitative estimate of drug-likeness (QED) is 0.785. The average molecular weight is 361 g/mol. The molecule has 0 bridgehead atoms. The molecule has 112 valence electrons. The van der Waals surface area contributed by atoms with Crippen molar-refractivity contribution in [1.29, 1.82) is 0 Å². The van der Waals surface area contributed by atoms with Crippen LogP contribution in [0.15, 0.2) is 27.6 Å². The predicted octanol–water partition coefficient (Wildman–Crippen LogP) is 2.78. The number of hydrogen-bond donors (Lipinski definition) is 2. The Morgan fingerprint density at radius 1 is 1.40 bits per heavy atom. The fourth-order valence-electron chi connectivity index (χ4n) is 1.82. The van der Waals surface area contributed by atoms with Gasteiger partial charge in [-0.25, -0.2) is 13.1 Å². The molecule has 1 aromatic rings. The first-order valence-electron chi connectivity index (χ1n) is 6.96. The molecule has 0 radical (unpaired) electrons. The highest BCUT2D eigenvalue weighted by Crippen LogP contribution is 2.25. The van der Waals surface area contributed by atoms with E-state index in [1.807, 2.05) is 19.9 Å². The molecule has 4 nitrogen and oxygen atoms in total. The lowest BCUT2D eigenvalue weighted by Gasteiger charge is -2.14. The summed E-state index contributed by atoms with van der Waals surface area (Å²) >= 11 is 3.33. The van der Waals surface area contributed by atoms with Gasteiger partial charge in [-0.1, -0.05) is 13.0 Å². The number of sulfonamides is 1. The van der Waals surface area contributed by atoms with E-state index in [-0.39, 0.29) is 6.04 Å². The molecule has 1 aromatic carbocycles. The zero-order valence-corrected chi connectivity index (χ0v) is 14.2. The van der Waals surface area contributed by atoms with Crippen LogP contribution in [-0.4, -0.2) is 20.5 Å². The lowest BCUT2D eigenvalue weighted by molar-refractivity contribution is 0.555. The van der Waals surface area contributed by atoms with Gasteiger partial charge in [0.05, 0.1) is 4.90 Å². The van der Waals surface area contributed by atoms with Crippen molar-refractivity contribution in [3.8, 4) is 0 Å². The van der Waals surface area contributed by atoms with Crippen molar-refractivity contribution in [3.63, 3.8) is 0 Å². The van der Waals surface area contributed by atoms with E-state index in [2.05, 4.69) is 26.0 Å². The lowest BCUT2D eigenvalue weighted by atomic mass is 10.2. The summed E-state index contributed by atoms with van der Waals surface area (Å²) in [6, 6.07) is 6.03. The molecule has 1 saturated carbocycles. The average Bonchev–Trinajstić information content (AvgIpc) is 3.21. The second kappa shape index (κ2) is 6.56. The molecule has 0 aliphatic heterocycles. The fraction of sp³-hybridized carbons (Fsp3) is 0.571. The first-order chi connectivity index (χ1) is 9.42. The van der Waals surface area contributed by atoms with Crippen LogP contribution in [0.1, 0.15) is 38.7 Å². The third-order valence-corrected chi connectivity index (χ3v) is 6.01. The van der Waals surface area contributed by atoms with Crippen molar-refractivity contribution in [1.82, 2.24) is 10.0 Å². The molecule has 2 N–H and O–H groups in total. The van der Waals surface area contributed by atoms with Gasteiger partial charge < -0.3 is 5.32 Å². The Balaban J connectivity index is 2.17. The molecule has 0 amide bonds. The molecule has 0 aromatic heterocycles. The van der Waals surface area contributed by atoms with Crippen LogP contribution in [0.5, 0.6) is 0 Å². The predicted molar refractivity (Wildman–Crippen MR) is 84.1 cm³/mol. The van der Waals surface area contributed by atoms with E-state index in [4.69, 9.17) is 0 Å². The molecule has 1 aliphatic rings. The minimum atomic E-state index is -3.47. The van der Waals surface area contributed by atoms with Gasteiger partial charge in [0.2, 0.25) is 10.0 Å². The standard InChI is InChI=1S/C14H21BrN2O2S/c1-3-10(2)17-20(18,19)14-8-11(4-7-13(14)15)9-16-12-5-6-12/h4,7-8,10,12,16-17H,3,5-6,9H2,1-2H3. The summed E-state index contributed by atoms with van der Waals surface area (Å²) in [5, 5.41) is 3.39. The first-order valence-corrected chi connectivity index (χ1v) is 9.24. The maximum absolute atomic E-state index is 12.4. The normalized spacial score (nSPS) is 17.1. The van der Waals surface area contributed by atoms with Crippen LogP contribution in [0, 0.1) is 0 Å². The number of halogens is 1. The summed E-state index contributed by atoms with van der Waals surface area (Å²) in [6.45, 7) is 4.53. The monoisotopic (exact) mass is 360 g/mol. The minimum absolute atomic E-state index is 0.0693. The molecular formula is C14H21BrN2O2S. The molecule has 1 atom stereocenters. The van der Waals surface area contributed by atoms with Crippen molar-refractivity contribution in [2.75, 3.05) is 0 Å². The maximum atomic E-state index is 12.4. The van der Waals surface area contributed by atoms with Crippen molar-refractivity contribution in [2.45, 2.75) is 56.6 Å². The highest BCUT2D eigenvalue weighted by atomic mass is 79.9.